The molecule has 0 aromatic rings. The minimum atomic E-state index is -0.760. The summed E-state index contributed by atoms with van der Waals surface area (Å²) in [4.78, 5) is 48.3. The van der Waals surface area contributed by atoms with Gasteiger partial charge in [-0.25, -0.2) is 0 Å². The van der Waals surface area contributed by atoms with E-state index in [0.29, 0.717) is 25.7 Å². The average molecular weight is 1170 g/mol. The van der Waals surface area contributed by atoms with Crippen LogP contribution in [0, 0.1) is 0 Å². The van der Waals surface area contributed by atoms with Gasteiger partial charge in [-0.15, -0.1) is 0 Å². The van der Waals surface area contributed by atoms with Crippen molar-refractivity contribution in [2.24, 2.45) is 0 Å². The molecular weight excluding hydrogens is 1020 g/mol. The zero-order valence-corrected chi connectivity index (χ0v) is 55.2. The van der Waals surface area contributed by atoms with Crippen LogP contribution in [0.25, 0.3) is 0 Å². The van der Waals surface area contributed by atoms with Crippen molar-refractivity contribution in [1.29, 1.82) is 0 Å². The highest BCUT2D eigenvalue weighted by Crippen LogP contribution is 2.18. The second kappa shape index (κ2) is 71.3. The Bertz CT molecular complexity index is 1290. The van der Waals surface area contributed by atoms with Crippen LogP contribution < -0.4 is 0 Å². The van der Waals surface area contributed by atoms with Crippen LogP contribution in [-0.2, 0) is 38.1 Å². The van der Waals surface area contributed by atoms with Crippen molar-refractivity contribution in [3.8, 4) is 0 Å². The minimum Gasteiger partial charge on any atom is -0.462 e. The molecule has 0 saturated carbocycles. The summed E-state index contributed by atoms with van der Waals surface area (Å²) in [6.07, 6.45) is 68.8. The van der Waals surface area contributed by atoms with Crippen molar-refractivity contribution in [2.75, 3.05) is 26.4 Å². The van der Waals surface area contributed by atoms with E-state index in [0.717, 1.165) is 64.2 Å². The largest absolute Gasteiger partial charge is 0.462 e. The van der Waals surface area contributed by atoms with Crippen molar-refractivity contribution in [3.05, 3.63) is 0 Å². The summed E-state index contributed by atoms with van der Waals surface area (Å²) in [6.45, 7) is 8.29. The monoisotopic (exact) mass is 1170 g/mol. The fraction of sp³-hybridized carbons (Fsp3) is 0.944. The molecule has 10 heteroatoms. The van der Waals surface area contributed by atoms with Gasteiger partial charge in [0.25, 0.3) is 0 Å². The Morgan fingerprint density at radius 1 is 0.232 bits per heavy atom. The maximum atomic E-state index is 12.1. The van der Waals surface area contributed by atoms with E-state index in [9.17, 15) is 29.4 Å². The Balaban J connectivity index is 0. The van der Waals surface area contributed by atoms with Crippen LogP contribution >= 0.6 is 0 Å². The number of ether oxygens (including phenoxy) is 4. The van der Waals surface area contributed by atoms with E-state index in [1.54, 1.807) is 0 Å². The fourth-order valence-electron chi connectivity index (χ4n) is 10.8. The van der Waals surface area contributed by atoms with Crippen LogP contribution in [0.3, 0.4) is 0 Å². The van der Waals surface area contributed by atoms with Gasteiger partial charge in [0.15, 0.2) is 12.2 Å². The van der Waals surface area contributed by atoms with Crippen LogP contribution in [0.5, 0.6) is 0 Å². The van der Waals surface area contributed by atoms with Crippen LogP contribution in [0.2, 0.25) is 0 Å². The highest BCUT2D eigenvalue weighted by molar-refractivity contribution is 5.71. The Morgan fingerprint density at radius 3 is 0.537 bits per heavy atom. The molecule has 0 aromatic carbocycles. The SMILES string of the molecule is CCCCCCCCCCCCCCCC(=O)OCC(CO)OC(=O)CCCCCCCCCCCCCCC.CCCCCCCCCCCCCCCCCC(=O)OC(CO)COC(=O)CCCCCCCCCCCCCCC. The molecule has 0 spiro atoms. The molecule has 0 aromatic heterocycles. The third-order valence-electron chi connectivity index (χ3n) is 16.3. The molecule has 82 heavy (non-hydrogen) atoms. The van der Waals surface area contributed by atoms with Gasteiger partial charge >= 0.3 is 23.9 Å². The Hall–Kier alpha value is -2.20. The number of hydrogen-bond donors (Lipinski definition) is 2. The number of esters is 4. The van der Waals surface area contributed by atoms with Gasteiger partial charge in [0, 0.05) is 25.7 Å². The van der Waals surface area contributed by atoms with Crippen molar-refractivity contribution in [1.82, 2.24) is 0 Å². The van der Waals surface area contributed by atoms with Crippen LogP contribution in [0.4, 0.5) is 0 Å². The minimum absolute atomic E-state index is 0.0572. The van der Waals surface area contributed by atoms with Gasteiger partial charge in [0.05, 0.1) is 13.2 Å². The molecule has 10 nitrogen and oxygen atoms in total. The maximum absolute atomic E-state index is 12.1. The van der Waals surface area contributed by atoms with E-state index in [-0.39, 0.29) is 50.3 Å². The van der Waals surface area contributed by atoms with E-state index in [1.165, 1.54) is 283 Å². The molecule has 2 atom stereocenters. The fourth-order valence-corrected chi connectivity index (χ4v) is 10.8. The average Bonchev–Trinajstić information content (AvgIpc) is 3.48. The van der Waals surface area contributed by atoms with E-state index in [1.807, 2.05) is 0 Å². The van der Waals surface area contributed by atoms with E-state index in [4.69, 9.17) is 18.9 Å². The summed E-state index contributed by atoms with van der Waals surface area (Å²) in [7, 11) is 0. The molecule has 0 saturated heterocycles. The smallest absolute Gasteiger partial charge is 0.306 e. The number of aliphatic hydroxyl groups excluding tert-OH is 2. The van der Waals surface area contributed by atoms with Gasteiger partial charge in [-0.3, -0.25) is 19.2 Å². The van der Waals surface area contributed by atoms with Crippen LogP contribution in [0.1, 0.15) is 400 Å². The number of aliphatic hydroxyl groups is 2. The topological polar surface area (TPSA) is 146 Å². The second-order valence-corrected chi connectivity index (χ2v) is 24.6. The third-order valence-corrected chi connectivity index (χ3v) is 16.3. The Labute approximate surface area is 508 Å². The quantitative estimate of drug-likeness (QED) is 0.0343. The number of carbonyl (C=O) groups excluding carboxylic acids is 4. The van der Waals surface area contributed by atoms with Gasteiger partial charge in [-0.1, -0.05) is 349 Å². The molecule has 0 amide bonds. The highest BCUT2D eigenvalue weighted by Gasteiger charge is 2.18. The predicted octanol–water partition coefficient (Wildman–Crippen LogP) is 21.6. The molecule has 2 unspecified atom stereocenters. The van der Waals surface area contributed by atoms with Gasteiger partial charge in [0.1, 0.15) is 13.2 Å². The van der Waals surface area contributed by atoms with Crippen LogP contribution in [0.15, 0.2) is 0 Å². The lowest BCUT2D eigenvalue weighted by molar-refractivity contribution is -0.161. The third kappa shape index (κ3) is 68.6. The summed E-state index contributed by atoms with van der Waals surface area (Å²) >= 11 is 0. The Kier molecular flexibility index (Phi) is 71.2. The zero-order valence-electron chi connectivity index (χ0n) is 55.2. The number of hydrogen-bond acceptors (Lipinski definition) is 10. The maximum Gasteiger partial charge on any atom is 0.306 e. The lowest BCUT2D eigenvalue weighted by Gasteiger charge is -2.15. The summed E-state index contributed by atoms with van der Waals surface area (Å²) in [5.41, 5.74) is 0. The normalized spacial score (nSPS) is 12.0. The van der Waals surface area contributed by atoms with E-state index < -0.39 is 12.2 Å². The lowest BCUT2D eigenvalue weighted by atomic mass is 10.0. The van der Waals surface area contributed by atoms with Crippen molar-refractivity contribution >= 4 is 23.9 Å². The molecule has 488 valence electrons. The molecule has 0 bridgehead atoms. The first kappa shape index (κ1) is 81.9. The van der Waals surface area contributed by atoms with Gasteiger partial charge in [-0.05, 0) is 25.7 Å². The van der Waals surface area contributed by atoms with Crippen LogP contribution in [-0.4, -0.2) is 72.7 Å². The highest BCUT2D eigenvalue weighted by atomic mass is 16.6. The molecule has 0 fully saturated rings. The molecule has 0 aliphatic carbocycles. The summed E-state index contributed by atoms with van der Waals surface area (Å²) < 4.78 is 21.1. The first-order valence-electron chi connectivity index (χ1n) is 36.2. The molecule has 2 N–H and O–H groups in total. The molecule has 0 aliphatic rings. The van der Waals surface area contributed by atoms with Crippen molar-refractivity contribution in [3.63, 3.8) is 0 Å². The second-order valence-electron chi connectivity index (χ2n) is 24.6. The lowest BCUT2D eigenvalue weighted by Crippen LogP contribution is -2.28. The summed E-state index contributed by atoms with van der Waals surface area (Å²) in [6, 6.07) is 0. The predicted molar refractivity (Wildman–Crippen MR) is 346 cm³/mol. The zero-order chi connectivity index (χ0) is 60.1. The first-order valence-corrected chi connectivity index (χ1v) is 36.2. The van der Waals surface area contributed by atoms with Gasteiger partial charge < -0.3 is 29.2 Å². The first-order chi connectivity index (χ1) is 40.3. The van der Waals surface area contributed by atoms with Gasteiger partial charge in [0.2, 0.25) is 0 Å². The van der Waals surface area contributed by atoms with Crippen molar-refractivity contribution in [2.45, 2.75) is 412 Å². The van der Waals surface area contributed by atoms with E-state index in [2.05, 4.69) is 27.7 Å². The molecular formula is C72H140O10. The summed E-state index contributed by atoms with van der Waals surface area (Å²) in [5, 5.41) is 19.0. The standard InChI is InChI=1S/C37H72O5.C35H68O5/c1-3-5-7-9-11-13-15-17-18-20-22-24-26-28-30-32-37(40)42-35(33-38)34-41-36(39)31-29-27-25-23-21-19-16-14-12-10-8-6-4-2;1-3-5-7-9-11-13-15-17-19-21-23-25-27-29-34(37)39-32-33(31-36)40-35(38)30-28-26-24-22-20-18-16-14-12-10-8-6-4-2/h35,38H,3-34H2,1-2H3;33,36H,3-32H2,1-2H3. The van der Waals surface area contributed by atoms with Gasteiger partial charge in [-0.2, -0.15) is 0 Å². The summed E-state index contributed by atoms with van der Waals surface area (Å²) in [5.74, 6) is -1.16. The molecule has 0 heterocycles. The van der Waals surface area contributed by atoms with Crippen molar-refractivity contribution < 1.29 is 48.3 Å². The molecule has 0 rings (SSSR count). The molecule has 0 aliphatic heterocycles. The molecule has 0 radical (unpaired) electrons. The van der Waals surface area contributed by atoms with E-state index >= 15 is 0 Å². The number of unbranched alkanes of at least 4 members (excludes halogenated alkanes) is 50. The number of rotatable bonds is 66. The Morgan fingerprint density at radius 2 is 0.378 bits per heavy atom. The number of carbonyl (C=O) groups is 4.